The molecule has 0 N–H and O–H groups in total. The van der Waals surface area contributed by atoms with Crippen molar-refractivity contribution >= 4 is 11.6 Å². The predicted molar refractivity (Wildman–Crippen MR) is 73.1 cm³/mol. The van der Waals surface area contributed by atoms with E-state index in [2.05, 4.69) is 21.4 Å². The van der Waals surface area contributed by atoms with Crippen molar-refractivity contribution < 1.29 is 4.74 Å². The van der Waals surface area contributed by atoms with Crippen molar-refractivity contribution in [3.05, 3.63) is 25.0 Å². The molecule has 98 valence electrons. The van der Waals surface area contributed by atoms with Crippen molar-refractivity contribution in [2.45, 2.75) is 12.5 Å². The Kier molecular flexibility index (Phi) is 4.15. The van der Waals surface area contributed by atoms with Crippen molar-refractivity contribution in [1.82, 2.24) is 9.97 Å². The van der Waals surface area contributed by atoms with E-state index in [0.29, 0.717) is 6.61 Å². The maximum Gasteiger partial charge on any atom is 0.172 e. The fourth-order valence-electron chi connectivity index (χ4n) is 2.12. The number of nitrogens with zero attached hydrogens (tertiary/aromatic N) is 4. The maximum atomic E-state index is 5.68. The van der Waals surface area contributed by atoms with Gasteiger partial charge in [0.05, 0.1) is 12.7 Å². The summed E-state index contributed by atoms with van der Waals surface area (Å²) < 4.78 is 5.68. The van der Waals surface area contributed by atoms with Gasteiger partial charge in [-0.25, -0.2) is 9.97 Å². The molecule has 1 aromatic rings. The second kappa shape index (κ2) is 5.82. The molecule has 1 aliphatic heterocycles. The van der Waals surface area contributed by atoms with Crippen LogP contribution in [0.3, 0.4) is 0 Å². The van der Waals surface area contributed by atoms with E-state index in [9.17, 15) is 0 Å². The first-order valence-corrected chi connectivity index (χ1v) is 6.18. The standard InChI is InChI=1S/C13H20N4O/c1-4-9-18-11-5-8-17(10-11)13-12(16(2)3)14-6-7-15-13/h4,6-7,11H,1,5,8-10H2,2-3H3. The molecule has 1 unspecified atom stereocenters. The number of hydrogen-bond donors (Lipinski definition) is 0. The van der Waals surface area contributed by atoms with Crippen LogP contribution in [0.5, 0.6) is 0 Å². The Hall–Kier alpha value is -1.62. The molecule has 1 aromatic heterocycles. The molecule has 0 amide bonds. The van der Waals surface area contributed by atoms with Gasteiger partial charge in [0.25, 0.3) is 0 Å². The van der Waals surface area contributed by atoms with Gasteiger partial charge < -0.3 is 14.5 Å². The SMILES string of the molecule is C=CCOC1CCN(c2nccnc2N(C)C)C1. The van der Waals surface area contributed by atoms with E-state index < -0.39 is 0 Å². The van der Waals surface area contributed by atoms with Crippen LogP contribution in [0.4, 0.5) is 11.6 Å². The van der Waals surface area contributed by atoms with E-state index in [1.54, 1.807) is 18.5 Å². The molecule has 18 heavy (non-hydrogen) atoms. The Morgan fingerprint density at radius 2 is 2.28 bits per heavy atom. The minimum Gasteiger partial charge on any atom is -0.372 e. The normalized spacial score (nSPS) is 19.0. The van der Waals surface area contributed by atoms with Gasteiger partial charge in [-0.3, -0.25) is 0 Å². The molecule has 0 bridgehead atoms. The first-order chi connectivity index (χ1) is 8.72. The summed E-state index contributed by atoms with van der Waals surface area (Å²) in [4.78, 5) is 13.0. The summed E-state index contributed by atoms with van der Waals surface area (Å²) in [5.74, 6) is 1.84. The van der Waals surface area contributed by atoms with Crippen molar-refractivity contribution in [2.24, 2.45) is 0 Å². The lowest BCUT2D eigenvalue weighted by atomic mass is 10.3. The van der Waals surface area contributed by atoms with Gasteiger partial charge in [-0.2, -0.15) is 0 Å². The van der Waals surface area contributed by atoms with Gasteiger partial charge in [0.15, 0.2) is 11.6 Å². The molecule has 5 nitrogen and oxygen atoms in total. The highest BCUT2D eigenvalue weighted by Gasteiger charge is 2.26. The van der Waals surface area contributed by atoms with E-state index in [0.717, 1.165) is 31.1 Å². The molecule has 5 heteroatoms. The lowest BCUT2D eigenvalue weighted by Gasteiger charge is -2.22. The Bertz CT molecular complexity index is 408. The van der Waals surface area contributed by atoms with Crippen LogP contribution in [-0.2, 0) is 4.74 Å². The minimum absolute atomic E-state index is 0.264. The van der Waals surface area contributed by atoms with Crippen LogP contribution in [0.2, 0.25) is 0 Å². The third-order valence-electron chi connectivity index (χ3n) is 2.98. The van der Waals surface area contributed by atoms with E-state index in [1.165, 1.54) is 0 Å². The summed E-state index contributed by atoms with van der Waals surface area (Å²) in [6.07, 6.45) is 6.54. The Labute approximate surface area is 108 Å². The van der Waals surface area contributed by atoms with Crippen LogP contribution in [-0.4, -0.2) is 49.9 Å². The highest BCUT2D eigenvalue weighted by molar-refractivity contribution is 5.61. The van der Waals surface area contributed by atoms with Crippen molar-refractivity contribution in [3.63, 3.8) is 0 Å². The summed E-state index contributed by atoms with van der Waals surface area (Å²) in [6, 6.07) is 0. The van der Waals surface area contributed by atoms with Crippen molar-refractivity contribution in [2.75, 3.05) is 43.6 Å². The molecular weight excluding hydrogens is 228 g/mol. The maximum absolute atomic E-state index is 5.68. The molecule has 1 aliphatic rings. The first-order valence-electron chi connectivity index (χ1n) is 6.18. The molecule has 1 atom stereocenters. The average Bonchev–Trinajstić information content (AvgIpc) is 2.85. The molecule has 2 rings (SSSR count). The predicted octanol–water partition coefficient (Wildman–Crippen LogP) is 1.32. The van der Waals surface area contributed by atoms with Crippen LogP contribution in [0.25, 0.3) is 0 Å². The van der Waals surface area contributed by atoms with Gasteiger partial charge in [-0.05, 0) is 6.42 Å². The Balaban J connectivity index is 2.07. The monoisotopic (exact) mass is 248 g/mol. The van der Waals surface area contributed by atoms with E-state index in [-0.39, 0.29) is 6.10 Å². The second-order valence-electron chi connectivity index (χ2n) is 4.58. The van der Waals surface area contributed by atoms with Gasteiger partial charge >= 0.3 is 0 Å². The van der Waals surface area contributed by atoms with Crippen LogP contribution < -0.4 is 9.80 Å². The fraction of sp³-hybridized carbons (Fsp3) is 0.538. The lowest BCUT2D eigenvalue weighted by molar-refractivity contribution is 0.0909. The van der Waals surface area contributed by atoms with Gasteiger partial charge in [0, 0.05) is 39.6 Å². The zero-order chi connectivity index (χ0) is 13.0. The third-order valence-corrected chi connectivity index (χ3v) is 2.98. The zero-order valence-electron chi connectivity index (χ0n) is 11.0. The van der Waals surface area contributed by atoms with Gasteiger partial charge in [-0.1, -0.05) is 6.08 Å². The largest absolute Gasteiger partial charge is 0.372 e. The molecule has 0 saturated carbocycles. The fourth-order valence-corrected chi connectivity index (χ4v) is 2.12. The first kappa shape index (κ1) is 12.8. The molecular formula is C13H20N4O. The number of rotatable bonds is 5. The van der Waals surface area contributed by atoms with Crippen LogP contribution in [0.15, 0.2) is 25.0 Å². The topological polar surface area (TPSA) is 41.5 Å². The summed E-state index contributed by atoms with van der Waals surface area (Å²) in [5, 5.41) is 0. The lowest BCUT2D eigenvalue weighted by Crippen LogP contribution is -2.26. The summed E-state index contributed by atoms with van der Waals surface area (Å²) in [6.45, 7) is 6.11. The summed E-state index contributed by atoms with van der Waals surface area (Å²) in [5.41, 5.74) is 0. The molecule has 0 radical (unpaired) electrons. The highest BCUT2D eigenvalue weighted by atomic mass is 16.5. The smallest absolute Gasteiger partial charge is 0.172 e. The molecule has 0 aromatic carbocycles. The number of ether oxygens (including phenoxy) is 1. The summed E-state index contributed by atoms with van der Waals surface area (Å²) >= 11 is 0. The van der Waals surface area contributed by atoms with Crippen molar-refractivity contribution in [1.29, 1.82) is 0 Å². The van der Waals surface area contributed by atoms with Crippen LogP contribution >= 0.6 is 0 Å². The summed E-state index contributed by atoms with van der Waals surface area (Å²) in [7, 11) is 3.96. The zero-order valence-corrected chi connectivity index (χ0v) is 11.0. The van der Waals surface area contributed by atoms with E-state index in [4.69, 9.17) is 4.74 Å². The van der Waals surface area contributed by atoms with Crippen LogP contribution in [0.1, 0.15) is 6.42 Å². The molecule has 1 saturated heterocycles. The third kappa shape index (κ3) is 2.79. The number of hydrogen-bond acceptors (Lipinski definition) is 5. The van der Waals surface area contributed by atoms with E-state index >= 15 is 0 Å². The highest BCUT2D eigenvalue weighted by Crippen LogP contribution is 2.26. The molecule has 0 spiro atoms. The van der Waals surface area contributed by atoms with Gasteiger partial charge in [-0.15, -0.1) is 6.58 Å². The average molecular weight is 248 g/mol. The Morgan fingerprint density at radius 1 is 1.50 bits per heavy atom. The van der Waals surface area contributed by atoms with Gasteiger partial charge in [0.1, 0.15) is 0 Å². The van der Waals surface area contributed by atoms with E-state index in [1.807, 2.05) is 19.0 Å². The Morgan fingerprint density at radius 3 is 3.00 bits per heavy atom. The molecule has 0 aliphatic carbocycles. The number of aromatic nitrogens is 2. The quantitative estimate of drug-likeness (QED) is 0.735. The van der Waals surface area contributed by atoms with Crippen LogP contribution in [0, 0.1) is 0 Å². The van der Waals surface area contributed by atoms with Gasteiger partial charge in [0.2, 0.25) is 0 Å². The number of anilines is 2. The molecule has 1 fully saturated rings. The molecule has 2 heterocycles. The minimum atomic E-state index is 0.264. The second-order valence-corrected chi connectivity index (χ2v) is 4.58. The van der Waals surface area contributed by atoms with Crippen molar-refractivity contribution in [3.8, 4) is 0 Å².